The number of rotatable bonds is 6. The fourth-order valence-electron chi connectivity index (χ4n) is 3.58. The van der Waals surface area contributed by atoms with Crippen molar-refractivity contribution in [1.29, 1.82) is 0 Å². The number of benzene rings is 1. The molecule has 0 atom stereocenters. The van der Waals surface area contributed by atoms with Crippen LogP contribution in [0.2, 0.25) is 0 Å². The van der Waals surface area contributed by atoms with Gasteiger partial charge in [-0.3, -0.25) is 9.78 Å². The molecule has 1 aliphatic rings. The normalized spacial score (nSPS) is 14.8. The first-order valence-electron chi connectivity index (χ1n) is 9.71. The molecule has 4 rings (SSSR count). The van der Waals surface area contributed by atoms with E-state index in [0.717, 1.165) is 27.8 Å². The summed E-state index contributed by atoms with van der Waals surface area (Å²) in [5.41, 5.74) is 1.40. The van der Waals surface area contributed by atoms with Crippen LogP contribution in [0.25, 0.3) is 10.2 Å². The van der Waals surface area contributed by atoms with E-state index >= 15 is 0 Å². The van der Waals surface area contributed by atoms with Gasteiger partial charge in [-0.1, -0.05) is 30.6 Å². The number of hydrogen-bond acceptors (Lipinski definition) is 6. The van der Waals surface area contributed by atoms with E-state index in [1.165, 1.54) is 32.1 Å². The number of nitrogens with one attached hydrogen (secondary N) is 2. The highest BCUT2D eigenvalue weighted by atomic mass is 32.1. The smallest absolute Gasteiger partial charge is 0.254 e. The molecule has 2 heterocycles. The highest BCUT2D eigenvalue weighted by molar-refractivity contribution is 7.22. The lowest BCUT2D eigenvalue weighted by Gasteiger charge is -2.21. The third-order valence-electron chi connectivity index (χ3n) is 5.11. The van der Waals surface area contributed by atoms with Gasteiger partial charge < -0.3 is 15.4 Å². The van der Waals surface area contributed by atoms with Crippen LogP contribution in [0.3, 0.4) is 0 Å². The molecule has 0 radical (unpaired) electrons. The molecule has 3 aromatic rings. The molecular weight excluding hydrogens is 372 g/mol. The molecule has 1 saturated carbocycles. The Labute approximate surface area is 168 Å². The third kappa shape index (κ3) is 4.25. The van der Waals surface area contributed by atoms with E-state index in [1.807, 2.05) is 18.2 Å². The van der Waals surface area contributed by atoms with Gasteiger partial charge in [0.05, 0.1) is 22.0 Å². The van der Waals surface area contributed by atoms with Crippen molar-refractivity contribution in [3.8, 4) is 11.5 Å². The minimum Gasteiger partial charge on any atom is -0.455 e. The zero-order valence-electron chi connectivity index (χ0n) is 15.9. The van der Waals surface area contributed by atoms with E-state index in [4.69, 9.17) is 4.74 Å². The van der Waals surface area contributed by atoms with Gasteiger partial charge in [0.2, 0.25) is 0 Å². The number of ether oxygens (including phenoxy) is 1. The standard InChI is InChI=1S/C21H24N4O2S/c1-22-20(26)16-9-10-23-13-18(16)27-15-7-8-17-19(11-15)28-21(25-17)24-12-14-5-3-2-4-6-14/h7-11,13-14H,2-6,12H2,1H3,(H,22,26)(H,24,25). The molecule has 0 aliphatic heterocycles. The van der Waals surface area contributed by atoms with Crippen LogP contribution in [-0.2, 0) is 0 Å². The van der Waals surface area contributed by atoms with E-state index in [9.17, 15) is 4.79 Å². The predicted molar refractivity (Wildman–Crippen MR) is 112 cm³/mol. The summed E-state index contributed by atoms with van der Waals surface area (Å²) in [5, 5.41) is 7.08. The fourth-order valence-corrected chi connectivity index (χ4v) is 4.48. The molecular formula is C21H24N4O2S. The van der Waals surface area contributed by atoms with E-state index in [2.05, 4.69) is 20.6 Å². The summed E-state index contributed by atoms with van der Waals surface area (Å²) < 4.78 is 6.99. The van der Waals surface area contributed by atoms with Gasteiger partial charge in [-0.2, -0.15) is 0 Å². The second-order valence-electron chi connectivity index (χ2n) is 7.09. The van der Waals surface area contributed by atoms with Crippen LogP contribution in [0, 0.1) is 5.92 Å². The van der Waals surface area contributed by atoms with Gasteiger partial charge in [0.1, 0.15) is 5.75 Å². The van der Waals surface area contributed by atoms with Crippen molar-refractivity contribution in [3.05, 3.63) is 42.2 Å². The van der Waals surface area contributed by atoms with E-state index in [0.29, 0.717) is 17.1 Å². The van der Waals surface area contributed by atoms with E-state index in [-0.39, 0.29) is 5.91 Å². The van der Waals surface area contributed by atoms with Crippen molar-refractivity contribution in [3.63, 3.8) is 0 Å². The van der Waals surface area contributed by atoms with Crippen LogP contribution in [0.1, 0.15) is 42.5 Å². The molecule has 1 fully saturated rings. The number of carbonyl (C=O) groups is 1. The van der Waals surface area contributed by atoms with Crippen molar-refractivity contribution >= 4 is 32.6 Å². The summed E-state index contributed by atoms with van der Waals surface area (Å²) in [6, 6.07) is 7.42. The maximum absolute atomic E-state index is 12.0. The van der Waals surface area contributed by atoms with Crippen LogP contribution in [0.5, 0.6) is 11.5 Å². The predicted octanol–water partition coefficient (Wildman–Crippen LogP) is 4.84. The highest BCUT2D eigenvalue weighted by Crippen LogP contribution is 2.32. The number of thiazole rings is 1. The largest absolute Gasteiger partial charge is 0.455 e. The molecule has 0 saturated heterocycles. The first-order chi connectivity index (χ1) is 13.7. The zero-order chi connectivity index (χ0) is 19.3. The van der Waals surface area contributed by atoms with E-state index < -0.39 is 0 Å². The van der Waals surface area contributed by atoms with Crippen LogP contribution in [0.15, 0.2) is 36.7 Å². The Balaban J connectivity index is 1.48. The van der Waals surface area contributed by atoms with Crippen LogP contribution in [-0.4, -0.2) is 29.5 Å². The van der Waals surface area contributed by atoms with Crippen molar-refractivity contribution in [2.45, 2.75) is 32.1 Å². The van der Waals surface area contributed by atoms with Gasteiger partial charge in [0.25, 0.3) is 5.91 Å². The number of hydrogen-bond donors (Lipinski definition) is 2. The minimum absolute atomic E-state index is 0.203. The Morgan fingerprint density at radius 1 is 1.25 bits per heavy atom. The highest BCUT2D eigenvalue weighted by Gasteiger charge is 2.15. The monoisotopic (exact) mass is 396 g/mol. The Morgan fingerprint density at radius 2 is 2.11 bits per heavy atom. The lowest BCUT2D eigenvalue weighted by atomic mass is 9.89. The average molecular weight is 397 g/mol. The molecule has 0 bridgehead atoms. The second kappa shape index (κ2) is 8.56. The molecule has 1 amide bonds. The Bertz CT molecular complexity index is 966. The van der Waals surface area contributed by atoms with Gasteiger partial charge >= 0.3 is 0 Å². The molecule has 0 unspecified atom stereocenters. The number of amides is 1. The molecule has 2 N–H and O–H groups in total. The van der Waals surface area contributed by atoms with E-state index in [1.54, 1.807) is 36.8 Å². The maximum Gasteiger partial charge on any atom is 0.254 e. The van der Waals surface area contributed by atoms with Gasteiger partial charge in [-0.05, 0) is 37.0 Å². The molecule has 7 heteroatoms. The molecule has 28 heavy (non-hydrogen) atoms. The minimum atomic E-state index is -0.203. The summed E-state index contributed by atoms with van der Waals surface area (Å²) in [6.45, 7) is 0.994. The molecule has 0 spiro atoms. The first-order valence-corrected chi connectivity index (χ1v) is 10.5. The number of fused-ring (bicyclic) bond motifs is 1. The Morgan fingerprint density at radius 3 is 2.93 bits per heavy atom. The summed E-state index contributed by atoms with van der Waals surface area (Å²) in [7, 11) is 1.60. The fraction of sp³-hybridized carbons (Fsp3) is 0.381. The first kappa shape index (κ1) is 18.7. The van der Waals surface area contributed by atoms with Gasteiger partial charge in [0.15, 0.2) is 10.9 Å². The SMILES string of the molecule is CNC(=O)c1ccncc1Oc1ccc2nc(NCC3CCCCC3)sc2c1. The summed E-state index contributed by atoms with van der Waals surface area (Å²) >= 11 is 1.63. The van der Waals surface area contributed by atoms with Crippen molar-refractivity contribution < 1.29 is 9.53 Å². The topological polar surface area (TPSA) is 76.1 Å². The molecule has 6 nitrogen and oxygen atoms in total. The van der Waals surface area contributed by atoms with Gasteiger partial charge in [-0.25, -0.2) is 4.98 Å². The van der Waals surface area contributed by atoms with Gasteiger partial charge in [0, 0.05) is 25.9 Å². The number of carbonyl (C=O) groups excluding carboxylic acids is 1. The lowest BCUT2D eigenvalue weighted by Crippen LogP contribution is -2.18. The summed E-state index contributed by atoms with van der Waals surface area (Å²) in [5.74, 6) is 1.65. The Hall–Kier alpha value is -2.67. The second-order valence-corrected chi connectivity index (χ2v) is 8.12. The molecule has 1 aliphatic carbocycles. The van der Waals surface area contributed by atoms with Crippen LogP contribution >= 0.6 is 11.3 Å². The zero-order valence-corrected chi connectivity index (χ0v) is 16.7. The molecule has 1 aromatic carbocycles. The molecule has 2 aromatic heterocycles. The number of pyridine rings is 1. The third-order valence-corrected chi connectivity index (χ3v) is 6.09. The number of anilines is 1. The summed E-state index contributed by atoms with van der Waals surface area (Å²) in [6.07, 6.45) is 9.83. The van der Waals surface area contributed by atoms with Crippen LogP contribution < -0.4 is 15.4 Å². The van der Waals surface area contributed by atoms with Crippen molar-refractivity contribution in [1.82, 2.24) is 15.3 Å². The van der Waals surface area contributed by atoms with Crippen molar-refractivity contribution in [2.75, 3.05) is 18.9 Å². The lowest BCUT2D eigenvalue weighted by molar-refractivity contribution is 0.0960. The maximum atomic E-state index is 12.0. The van der Waals surface area contributed by atoms with Gasteiger partial charge in [-0.15, -0.1) is 0 Å². The van der Waals surface area contributed by atoms with Crippen LogP contribution in [0.4, 0.5) is 5.13 Å². The summed E-state index contributed by atoms with van der Waals surface area (Å²) in [4.78, 5) is 20.8. The number of aromatic nitrogens is 2. The van der Waals surface area contributed by atoms with Crippen molar-refractivity contribution in [2.24, 2.45) is 5.92 Å². The average Bonchev–Trinajstić information content (AvgIpc) is 3.15. The molecule has 146 valence electrons. The quantitative estimate of drug-likeness (QED) is 0.624. The Kier molecular flexibility index (Phi) is 5.71. The number of nitrogens with zero attached hydrogens (tertiary/aromatic N) is 2.